The average Bonchev–Trinajstić information content (AvgIpc) is 3.08. The Morgan fingerprint density at radius 2 is 1.73 bits per heavy atom. The molecule has 4 rings (SSSR count). The summed E-state index contributed by atoms with van der Waals surface area (Å²) >= 11 is 12.4. The van der Waals surface area contributed by atoms with Gasteiger partial charge in [0.15, 0.2) is 4.32 Å². The number of thiocarbonyl (C=S) groups is 1. The standard InChI is InChI=1S/C18H11ClN2O3S2/c19-10-5-7-11(8-6-10)21-17(24)15(26-18(21)25)14-12-3-1-2-4-13(12)20(9-22)16(14)23/h1-8,22H,9H2. The van der Waals surface area contributed by atoms with Crippen LogP contribution in [-0.4, -0.2) is 28.0 Å². The van der Waals surface area contributed by atoms with Crippen molar-refractivity contribution in [1.82, 2.24) is 0 Å². The highest BCUT2D eigenvalue weighted by Gasteiger charge is 2.42. The second-order valence-corrected chi connectivity index (χ2v) is 7.66. The molecule has 2 aliphatic rings. The summed E-state index contributed by atoms with van der Waals surface area (Å²) in [6.07, 6.45) is 0. The Morgan fingerprint density at radius 3 is 2.42 bits per heavy atom. The third-order valence-corrected chi connectivity index (χ3v) is 5.77. The first-order valence-electron chi connectivity index (χ1n) is 7.61. The Morgan fingerprint density at radius 1 is 1.04 bits per heavy atom. The van der Waals surface area contributed by atoms with Crippen LogP contribution in [0.2, 0.25) is 5.02 Å². The maximum absolute atomic E-state index is 13.0. The molecule has 1 fully saturated rings. The summed E-state index contributed by atoms with van der Waals surface area (Å²) < 4.78 is 0.340. The number of amides is 2. The number of aliphatic hydroxyl groups excluding tert-OH is 1. The van der Waals surface area contributed by atoms with Crippen molar-refractivity contribution in [3.63, 3.8) is 0 Å². The number of rotatable bonds is 2. The van der Waals surface area contributed by atoms with E-state index in [-0.39, 0.29) is 16.4 Å². The lowest BCUT2D eigenvalue weighted by Gasteiger charge is -2.14. The zero-order valence-electron chi connectivity index (χ0n) is 13.2. The number of hydrogen-bond donors (Lipinski definition) is 1. The van der Waals surface area contributed by atoms with Gasteiger partial charge in [-0.3, -0.25) is 19.4 Å². The average molecular weight is 403 g/mol. The Hall–Kier alpha value is -2.19. The summed E-state index contributed by atoms with van der Waals surface area (Å²) in [4.78, 5) is 28.7. The van der Waals surface area contributed by atoms with Crippen molar-refractivity contribution in [1.29, 1.82) is 0 Å². The zero-order chi connectivity index (χ0) is 18.4. The van der Waals surface area contributed by atoms with Gasteiger partial charge in [-0.05, 0) is 30.3 Å². The number of benzene rings is 2. The number of para-hydroxylation sites is 1. The lowest BCUT2D eigenvalue weighted by molar-refractivity contribution is -0.115. The van der Waals surface area contributed by atoms with Crippen LogP contribution >= 0.6 is 35.6 Å². The molecule has 0 unspecified atom stereocenters. The molecule has 2 aromatic carbocycles. The molecule has 2 aromatic rings. The molecule has 0 bridgehead atoms. The van der Waals surface area contributed by atoms with Crippen molar-refractivity contribution in [2.75, 3.05) is 16.5 Å². The molecule has 26 heavy (non-hydrogen) atoms. The lowest BCUT2D eigenvalue weighted by Crippen LogP contribution is -2.29. The quantitative estimate of drug-likeness (QED) is 0.616. The lowest BCUT2D eigenvalue weighted by atomic mass is 10.1. The number of carbonyl (C=O) groups excluding carboxylic acids is 2. The Bertz CT molecular complexity index is 988. The molecule has 1 N–H and O–H groups in total. The smallest absolute Gasteiger partial charge is 0.271 e. The number of thioether (sulfide) groups is 1. The van der Waals surface area contributed by atoms with Crippen LogP contribution in [0.1, 0.15) is 5.56 Å². The van der Waals surface area contributed by atoms with Crippen molar-refractivity contribution in [2.24, 2.45) is 0 Å². The molecule has 0 atom stereocenters. The van der Waals surface area contributed by atoms with E-state index in [4.69, 9.17) is 23.8 Å². The highest BCUT2D eigenvalue weighted by atomic mass is 35.5. The minimum absolute atomic E-state index is 0.262. The molecule has 0 saturated carbocycles. The van der Waals surface area contributed by atoms with Gasteiger partial charge in [-0.2, -0.15) is 0 Å². The summed E-state index contributed by atoms with van der Waals surface area (Å²) in [7, 11) is 0. The summed E-state index contributed by atoms with van der Waals surface area (Å²) in [5.74, 6) is -0.773. The van der Waals surface area contributed by atoms with E-state index in [1.807, 2.05) is 0 Å². The molecule has 130 valence electrons. The number of carbonyl (C=O) groups is 2. The minimum atomic E-state index is -0.461. The third kappa shape index (κ3) is 2.55. The minimum Gasteiger partial charge on any atom is -0.376 e. The molecule has 2 heterocycles. The fourth-order valence-electron chi connectivity index (χ4n) is 2.97. The van der Waals surface area contributed by atoms with Gasteiger partial charge in [0.25, 0.3) is 11.8 Å². The molecule has 0 spiro atoms. The van der Waals surface area contributed by atoms with E-state index in [1.165, 1.54) is 9.80 Å². The summed E-state index contributed by atoms with van der Waals surface area (Å²) in [5.41, 5.74) is 2.05. The van der Waals surface area contributed by atoms with Gasteiger partial charge >= 0.3 is 0 Å². The van der Waals surface area contributed by atoms with Gasteiger partial charge in [-0.25, -0.2) is 0 Å². The Balaban J connectivity index is 1.83. The second kappa shape index (κ2) is 6.51. The predicted molar refractivity (Wildman–Crippen MR) is 107 cm³/mol. The van der Waals surface area contributed by atoms with Crippen LogP contribution in [0, 0.1) is 0 Å². The number of halogens is 1. The van der Waals surface area contributed by atoms with E-state index in [1.54, 1.807) is 48.5 Å². The number of fused-ring (bicyclic) bond motifs is 1. The maximum Gasteiger partial charge on any atom is 0.271 e. The largest absolute Gasteiger partial charge is 0.376 e. The van der Waals surface area contributed by atoms with Gasteiger partial charge in [-0.1, -0.05) is 53.8 Å². The van der Waals surface area contributed by atoms with Crippen molar-refractivity contribution < 1.29 is 14.7 Å². The number of nitrogens with zero attached hydrogens (tertiary/aromatic N) is 2. The van der Waals surface area contributed by atoms with E-state index in [2.05, 4.69) is 0 Å². The van der Waals surface area contributed by atoms with Crippen LogP contribution in [0.25, 0.3) is 5.57 Å². The van der Waals surface area contributed by atoms with Crippen molar-refractivity contribution in [2.45, 2.75) is 0 Å². The van der Waals surface area contributed by atoms with Crippen LogP contribution < -0.4 is 9.80 Å². The highest BCUT2D eigenvalue weighted by molar-refractivity contribution is 8.27. The van der Waals surface area contributed by atoms with Crippen molar-refractivity contribution >= 4 is 68.7 Å². The van der Waals surface area contributed by atoms with Crippen LogP contribution in [0.15, 0.2) is 53.4 Å². The Kier molecular flexibility index (Phi) is 4.32. The van der Waals surface area contributed by atoms with E-state index in [9.17, 15) is 14.7 Å². The predicted octanol–water partition coefficient (Wildman–Crippen LogP) is 3.41. The molecular formula is C18H11ClN2O3S2. The molecule has 8 heteroatoms. The zero-order valence-corrected chi connectivity index (χ0v) is 15.6. The van der Waals surface area contributed by atoms with Crippen LogP contribution in [0.3, 0.4) is 0 Å². The van der Waals surface area contributed by atoms with Gasteiger partial charge in [0.2, 0.25) is 0 Å². The fourth-order valence-corrected chi connectivity index (χ4v) is 4.47. The van der Waals surface area contributed by atoms with Gasteiger partial charge in [0.05, 0.1) is 21.9 Å². The van der Waals surface area contributed by atoms with Crippen LogP contribution in [0.4, 0.5) is 11.4 Å². The van der Waals surface area contributed by atoms with E-state index in [0.29, 0.717) is 26.3 Å². The summed E-state index contributed by atoms with van der Waals surface area (Å²) in [6, 6.07) is 13.8. The van der Waals surface area contributed by atoms with Gasteiger partial charge in [0, 0.05) is 10.6 Å². The molecule has 2 aliphatic heterocycles. The molecular weight excluding hydrogens is 392 g/mol. The number of anilines is 2. The summed E-state index contributed by atoms with van der Waals surface area (Å²) in [5, 5.41) is 10.1. The second-order valence-electron chi connectivity index (χ2n) is 5.58. The number of hydrogen-bond acceptors (Lipinski definition) is 5. The normalized spacial score (nSPS) is 19.5. The first-order chi connectivity index (χ1) is 12.5. The monoisotopic (exact) mass is 402 g/mol. The molecule has 0 radical (unpaired) electrons. The van der Waals surface area contributed by atoms with Crippen molar-refractivity contribution in [3.8, 4) is 0 Å². The fraction of sp³-hybridized carbons (Fsp3) is 0.0556. The molecule has 0 aromatic heterocycles. The topological polar surface area (TPSA) is 60.9 Å². The SMILES string of the molecule is O=C1C(=C2SC(=S)N(c3ccc(Cl)cc3)C2=O)c2ccccc2N1CO. The van der Waals surface area contributed by atoms with E-state index in [0.717, 1.165) is 11.8 Å². The Labute approximate surface area is 163 Å². The van der Waals surface area contributed by atoms with E-state index >= 15 is 0 Å². The van der Waals surface area contributed by atoms with Crippen molar-refractivity contribution in [3.05, 3.63) is 64.0 Å². The van der Waals surface area contributed by atoms with E-state index < -0.39 is 12.6 Å². The first kappa shape index (κ1) is 17.2. The van der Waals surface area contributed by atoms with Gasteiger partial charge in [-0.15, -0.1) is 0 Å². The molecule has 0 aliphatic carbocycles. The third-order valence-electron chi connectivity index (χ3n) is 4.15. The van der Waals surface area contributed by atoms with Crippen LogP contribution in [0.5, 0.6) is 0 Å². The summed E-state index contributed by atoms with van der Waals surface area (Å²) in [6.45, 7) is -0.461. The first-order valence-corrected chi connectivity index (χ1v) is 9.21. The molecule has 2 amide bonds. The number of aliphatic hydroxyl groups is 1. The highest BCUT2D eigenvalue weighted by Crippen LogP contribution is 2.45. The molecule has 5 nitrogen and oxygen atoms in total. The molecule has 1 saturated heterocycles. The van der Waals surface area contributed by atoms with Crippen LogP contribution in [-0.2, 0) is 9.59 Å². The van der Waals surface area contributed by atoms with Gasteiger partial charge < -0.3 is 5.11 Å². The maximum atomic E-state index is 13.0. The van der Waals surface area contributed by atoms with Gasteiger partial charge in [0.1, 0.15) is 6.73 Å².